The van der Waals surface area contributed by atoms with E-state index in [2.05, 4.69) is 9.97 Å². The summed E-state index contributed by atoms with van der Waals surface area (Å²) in [4.78, 5) is 31.8. The van der Waals surface area contributed by atoms with Gasteiger partial charge in [-0.05, 0) is 44.4 Å². The van der Waals surface area contributed by atoms with Gasteiger partial charge in [0.25, 0.3) is 5.91 Å². The molecule has 0 bridgehead atoms. The Morgan fingerprint density at radius 3 is 2.57 bits per heavy atom. The number of rotatable bonds is 4. The van der Waals surface area contributed by atoms with Gasteiger partial charge in [-0.2, -0.15) is 0 Å². The van der Waals surface area contributed by atoms with Crippen LogP contribution in [0.2, 0.25) is 5.02 Å². The monoisotopic (exact) mass is 441 g/mol. The van der Waals surface area contributed by atoms with Gasteiger partial charge in [-0.15, -0.1) is 11.3 Å². The zero-order valence-corrected chi connectivity index (χ0v) is 19.1. The second-order valence-electron chi connectivity index (χ2n) is 7.67. The van der Waals surface area contributed by atoms with Gasteiger partial charge in [0, 0.05) is 37.4 Å². The summed E-state index contributed by atoms with van der Waals surface area (Å²) in [6.07, 6.45) is 3.66. The molecular weight excluding hydrogens is 418 g/mol. The fourth-order valence-corrected chi connectivity index (χ4v) is 4.86. The summed E-state index contributed by atoms with van der Waals surface area (Å²) in [6.45, 7) is 4.54. The Labute approximate surface area is 185 Å². The number of hydrogen-bond acceptors (Lipinski definition) is 6. The van der Waals surface area contributed by atoms with Gasteiger partial charge in [0.15, 0.2) is 0 Å². The van der Waals surface area contributed by atoms with Crippen LogP contribution in [0.1, 0.15) is 45.0 Å². The number of likely N-dealkylation sites (tertiary alicyclic amines) is 1. The lowest BCUT2D eigenvalue weighted by Gasteiger charge is -2.26. The summed E-state index contributed by atoms with van der Waals surface area (Å²) in [5, 5.41) is 1.59. The number of aryl methyl sites for hydroxylation is 2. The molecule has 30 heavy (non-hydrogen) atoms. The molecule has 0 aliphatic carbocycles. The smallest absolute Gasteiger partial charge is 0.266 e. The van der Waals surface area contributed by atoms with E-state index in [0.717, 1.165) is 40.4 Å². The van der Waals surface area contributed by atoms with Crippen molar-refractivity contribution in [1.82, 2.24) is 19.9 Å². The zero-order valence-electron chi connectivity index (χ0n) is 17.5. The van der Waals surface area contributed by atoms with Gasteiger partial charge >= 0.3 is 0 Å². The molecule has 1 aliphatic rings. The molecule has 0 unspecified atom stereocenters. The number of carbonyl (C=O) groups is 1. The maximum absolute atomic E-state index is 13.4. The van der Waals surface area contributed by atoms with E-state index >= 15 is 0 Å². The van der Waals surface area contributed by atoms with Gasteiger partial charge < -0.3 is 9.80 Å². The van der Waals surface area contributed by atoms with E-state index in [-0.39, 0.29) is 11.9 Å². The number of carbonyl (C=O) groups excluding carboxylic acids is 1. The van der Waals surface area contributed by atoms with Crippen LogP contribution < -0.4 is 4.90 Å². The minimum absolute atomic E-state index is 0.0349. The minimum Gasteiger partial charge on any atom is -0.347 e. The summed E-state index contributed by atoms with van der Waals surface area (Å²) in [5.41, 5.74) is 3.59. The van der Waals surface area contributed by atoms with Crippen LogP contribution in [0.15, 0.2) is 30.5 Å². The lowest BCUT2D eigenvalue weighted by atomic mass is 9.99. The standard InChI is InChI=1S/C22H24ClN5OS/c1-13-20(30-14(2)25-13)21(29)28-11-5-6-18(28)19-17(12-24-22(26-19)27(3)4)15-7-9-16(23)10-8-15/h7-10,12,18H,5-6,11H2,1-4H3/t18-/m1/s1. The first-order valence-electron chi connectivity index (χ1n) is 9.90. The van der Waals surface area contributed by atoms with Crippen molar-refractivity contribution in [3.63, 3.8) is 0 Å². The van der Waals surface area contributed by atoms with Crippen molar-refractivity contribution in [1.29, 1.82) is 0 Å². The van der Waals surface area contributed by atoms with Crippen LogP contribution >= 0.6 is 22.9 Å². The molecule has 1 saturated heterocycles. The Hall–Kier alpha value is -2.51. The normalized spacial score (nSPS) is 16.2. The summed E-state index contributed by atoms with van der Waals surface area (Å²) in [5.74, 6) is 0.666. The van der Waals surface area contributed by atoms with Crippen molar-refractivity contribution in [2.75, 3.05) is 25.5 Å². The van der Waals surface area contributed by atoms with Crippen molar-refractivity contribution in [3.8, 4) is 11.1 Å². The molecule has 1 atom stereocenters. The highest BCUT2D eigenvalue weighted by Gasteiger charge is 2.35. The topological polar surface area (TPSA) is 62.2 Å². The van der Waals surface area contributed by atoms with Crippen LogP contribution in [0.3, 0.4) is 0 Å². The Morgan fingerprint density at radius 2 is 1.93 bits per heavy atom. The Kier molecular flexibility index (Phi) is 5.75. The van der Waals surface area contributed by atoms with Crippen LogP contribution in [0, 0.1) is 13.8 Å². The molecule has 156 valence electrons. The van der Waals surface area contributed by atoms with E-state index in [0.29, 0.717) is 22.4 Å². The molecule has 1 fully saturated rings. The van der Waals surface area contributed by atoms with Crippen LogP contribution in [-0.2, 0) is 0 Å². The van der Waals surface area contributed by atoms with Crippen molar-refractivity contribution in [3.05, 3.63) is 56.8 Å². The molecule has 4 rings (SSSR count). The predicted molar refractivity (Wildman–Crippen MR) is 121 cm³/mol. The van der Waals surface area contributed by atoms with Crippen LogP contribution in [-0.4, -0.2) is 46.4 Å². The lowest BCUT2D eigenvalue weighted by molar-refractivity contribution is 0.0737. The van der Waals surface area contributed by atoms with Crippen molar-refractivity contribution in [2.24, 2.45) is 0 Å². The van der Waals surface area contributed by atoms with E-state index in [1.165, 1.54) is 11.3 Å². The molecule has 0 radical (unpaired) electrons. The first-order valence-corrected chi connectivity index (χ1v) is 11.1. The van der Waals surface area contributed by atoms with Crippen LogP contribution in [0.5, 0.6) is 0 Å². The second-order valence-corrected chi connectivity index (χ2v) is 9.31. The van der Waals surface area contributed by atoms with Crippen molar-refractivity contribution >= 4 is 34.8 Å². The number of halogens is 1. The molecule has 8 heteroatoms. The number of anilines is 1. The average molecular weight is 442 g/mol. The molecule has 0 saturated carbocycles. The lowest BCUT2D eigenvalue weighted by Crippen LogP contribution is -2.31. The van der Waals surface area contributed by atoms with Crippen LogP contribution in [0.4, 0.5) is 5.95 Å². The second kappa shape index (κ2) is 8.32. The molecule has 1 aliphatic heterocycles. The third-order valence-electron chi connectivity index (χ3n) is 5.29. The predicted octanol–water partition coefficient (Wildman–Crippen LogP) is 4.91. The summed E-state index contributed by atoms with van der Waals surface area (Å²) in [6, 6.07) is 7.56. The molecule has 6 nitrogen and oxygen atoms in total. The van der Waals surface area contributed by atoms with Crippen molar-refractivity contribution in [2.45, 2.75) is 32.7 Å². The Bertz CT molecular complexity index is 1080. The summed E-state index contributed by atoms with van der Waals surface area (Å²) in [7, 11) is 3.84. The molecule has 3 aromatic rings. The van der Waals surface area contributed by atoms with Crippen LogP contribution in [0.25, 0.3) is 11.1 Å². The van der Waals surface area contributed by atoms with E-state index in [1.54, 1.807) is 0 Å². The van der Waals surface area contributed by atoms with Gasteiger partial charge in [0.2, 0.25) is 5.95 Å². The van der Waals surface area contributed by atoms with Gasteiger partial charge in [0.1, 0.15) is 4.88 Å². The molecule has 1 aromatic carbocycles. The third kappa shape index (κ3) is 3.91. The summed E-state index contributed by atoms with van der Waals surface area (Å²) >= 11 is 7.55. The summed E-state index contributed by atoms with van der Waals surface area (Å²) < 4.78 is 0. The fraction of sp³-hybridized carbons (Fsp3) is 0.364. The SMILES string of the molecule is Cc1nc(C)c(C(=O)N2CCC[C@@H]2c2nc(N(C)C)ncc2-c2ccc(Cl)cc2)s1. The van der Waals surface area contributed by atoms with Crippen molar-refractivity contribution < 1.29 is 4.79 Å². The van der Waals surface area contributed by atoms with E-state index in [9.17, 15) is 4.79 Å². The minimum atomic E-state index is -0.105. The molecular formula is C22H24ClN5OS. The van der Waals surface area contributed by atoms with E-state index in [1.807, 2.05) is 68.2 Å². The zero-order chi connectivity index (χ0) is 21.4. The Morgan fingerprint density at radius 1 is 1.20 bits per heavy atom. The Balaban J connectivity index is 1.78. The number of benzene rings is 1. The first kappa shape index (κ1) is 20.8. The molecule has 0 N–H and O–H groups in total. The van der Waals surface area contributed by atoms with Gasteiger partial charge in [-0.25, -0.2) is 15.0 Å². The number of aromatic nitrogens is 3. The maximum atomic E-state index is 13.4. The number of thiazole rings is 1. The van der Waals surface area contributed by atoms with Gasteiger partial charge in [0.05, 0.1) is 22.4 Å². The maximum Gasteiger partial charge on any atom is 0.266 e. The third-order valence-corrected chi connectivity index (χ3v) is 6.60. The highest BCUT2D eigenvalue weighted by Crippen LogP contribution is 2.38. The van der Waals surface area contributed by atoms with E-state index in [4.69, 9.17) is 16.6 Å². The average Bonchev–Trinajstić information content (AvgIpc) is 3.34. The quantitative estimate of drug-likeness (QED) is 0.575. The van der Waals surface area contributed by atoms with Gasteiger partial charge in [-0.3, -0.25) is 4.79 Å². The number of nitrogens with zero attached hydrogens (tertiary/aromatic N) is 5. The highest BCUT2D eigenvalue weighted by atomic mass is 35.5. The molecule has 2 aromatic heterocycles. The largest absolute Gasteiger partial charge is 0.347 e. The number of hydrogen-bond donors (Lipinski definition) is 0. The molecule has 3 heterocycles. The number of amides is 1. The van der Waals surface area contributed by atoms with E-state index < -0.39 is 0 Å². The molecule has 0 spiro atoms. The molecule has 1 amide bonds. The fourth-order valence-electron chi connectivity index (χ4n) is 3.86. The first-order chi connectivity index (χ1) is 14.3. The van der Waals surface area contributed by atoms with Gasteiger partial charge in [-0.1, -0.05) is 23.7 Å². The highest BCUT2D eigenvalue weighted by molar-refractivity contribution is 7.13.